The highest BCUT2D eigenvalue weighted by Gasteiger charge is 2.28. The van der Waals surface area contributed by atoms with Crippen molar-refractivity contribution in [3.8, 4) is 11.5 Å². The highest BCUT2D eigenvalue weighted by Crippen LogP contribution is 2.48. The molecule has 0 bridgehead atoms. The van der Waals surface area contributed by atoms with Crippen molar-refractivity contribution in [1.82, 2.24) is 4.98 Å². The second-order valence-corrected chi connectivity index (χ2v) is 9.90. The minimum absolute atomic E-state index is 0.0312. The van der Waals surface area contributed by atoms with Gasteiger partial charge in [0.1, 0.15) is 18.2 Å². The van der Waals surface area contributed by atoms with E-state index in [1.54, 1.807) is 11.8 Å². The number of hydrogen-bond donors (Lipinski definition) is 0. The number of aryl methyl sites for hydroxylation is 1. The van der Waals surface area contributed by atoms with Gasteiger partial charge in [-0.1, -0.05) is 47.8 Å². The van der Waals surface area contributed by atoms with Crippen LogP contribution in [0.2, 0.25) is 0 Å². The number of amides is 1. The normalized spacial score (nSPS) is 14.0. The molecule has 4 aromatic rings. The Labute approximate surface area is 200 Å². The van der Waals surface area contributed by atoms with Gasteiger partial charge < -0.3 is 9.47 Å². The Balaban J connectivity index is 1.30. The van der Waals surface area contributed by atoms with Crippen LogP contribution in [-0.4, -0.2) is 29.9 Å². The van der Waals surface area contributed by atoms with Crippen LogP contribution in [0, 0.1) is 6.92 Å². The van der Waals surface area contributed by atoms with Crippen molar-refractivity contribution >= 4 is 51.7 Å². The summed E-state index contributed by atoms with van der Waals surface area (Å²) in [4.78, 5) is 22.3. The average molecular weight is 473 g/mol. The van der Waals surface area contributed by atoms with Crippen molar-refractivity contribution in [2.45, 2.75) is 21.7 Å². The molecule has 0 saturated carbocycles. The van der Waals surface area contributed by atoms with E-state index in [-0.39, 0.29) is 11.7 Å². The molecule has 2 aliphatic heterocycles. The SMILES string of the molecule is Cc1cc2cc3c(cc2nc1SCC(=O)N1c2ccccc2Sc2ccccc21)OCCO3. The molecule has 33 heavy (non-hydrogen) atoms. The van der Waals surface area contributed by atoms with E-state index in [1.807, 2.05) is 60.4 Å². The average Bonchev–Trinajstić information content (AvgIpc) is 2.84. The van der Waals surface area contributed by atoms with Gasteiger partial charge in [0, 0.05) is 21.2 Å². The first-order valence-electron chi connectivity index (χ1n) is 10.7. The lowest BCUT2D eigenvalue weighted by atomic mass is 10.1. The zero-order chi connectivity index (χ0) is 22.4. The maximum atomic E-state index is 13.5. The van der Waals surface area contributed by atoms with Crippen LogP contribution in [0.5, 0.6) is 11.5 Å². The Morgan fingerprint density at radius 2 is 1.61 bits per heavy atom. The molecule has 1 amide bonds. The van der Waals surface area contributed by atoms with Gasteiger partial charge in [-0.2, -0.15) is 0 Å². The number of thioether (sulfide) groups is 1. The summed E-state index contributed by atoms with van der Waals surface area (Å²) in [6, 6.07) is 22.1. The van der Waals surface area contributed by atoms with Gasteiger partial charge >= 0.3 is 0 Å². The van der Waals surface area contributed by atoms with Crippen molar-refractivity contribution in [3.05, 3.63) is 72.3 Å². The van der Waals surface area contributed by atoms with Crippen LogP contribution in [0.3, 0.4) is 0 Å². The molecule has 0 N–H and O–H groups in total. The standard InChI is InChI=1S/C26H20N2O3S2/c1-16-12-17-13-21-22(31-11-10-30-21)14-18(17)27-26(16)32-15-25(29)28-19-6-2-4-8-23(19)33-24-9-5-3-7-20(24)28/h2-9,12-14H,10-11,15H2,1H3. The Kier molecular flexibility index (Phi) is 5.15. The number of carbonyl (C=O) groups is 1. The summed E-state index contributed by atoms with van der Waals surface area (Å²) in [6.45, 7) is 3.12. The zero-order valence-corrected chi connectivity index (χ0v) is 19.5. The maximum Gasteiger partial charge on any atom is 0.242 e. The van der Waals surface area contributed by atoms with Gasteiger partial charge in [-0.15, -0.1) is 0 Å². The quantitative estimate of drug-likeness (QED) is 0.329. The van der Waals surface area contributed by atoms with Gasteiger partial charge in [0.25, 0.3) is 0 Å². The molecule has 6 rings (SSSR count). The fourth-order valence-corrected chi connectivity index (χ4v) is 6.01. The van der Waals surface area contributed by atoms with Gasteiger partial charge in [0.15, 0.2) is 11.5 Å². The van der Waals surface area contributed by atoms with E-state index in [1.165, 1.54) is 11.8 Å². The summed E-state index contributed by atoms with van der Waals surface area (Å²) in [7, 11) is 0. The molecule has 0 unspecified atom stereocenters. The van der Waals surface area contributed by atoms with E-state index in [2.05, 4.69) is 18.2 Å². The van der Waals surface area contributed by atoms with Crippen LogP contribution >= 0.6 is 23.5 Å². The van der Waals surface area contributed by atoms with Crippen molar-refractivity contribution in [2.24, 2.45) is 0 Å². The number of rotatable bonds is 3. The lowest BCUT2D eigenvalue weighted by molar-refractivity contribution is -0.115. The molecule has 3 aromatic carbocycles. The molecule has 0 atom stereocenters. The minimum atomic E-state index is 0.0312. The first-order valence-corrected chi connectivity index (χ1v) is 12.5. The topological polar surface area (TPSA) is 51.7 Å². The van der Waals surface area contributed by atoms with Crippen LogP contribution in [0.1, 0.15) is 5.56 Å². The lowest BCUT2D eigenvalue weighted by Gasteiger charge is -2.31. The number of nitrogens with zero attached hydrogens (tertiary/aromatic N) is 2. The lowest BCUT2D eigenvalue weighted by Crippen LogP contribution is -2.30. The Morgan fingerprint density at radius 3 is 2.30 bits per heavy atom. The number of anilines is 2. The number of fused-ring (bicyclic) bond motifs is 4. The molecule has 2 aliphatic rings. The molecule has 0 fully saturated rings. The van der Waals surface area contributed by atoms with E-state index in [0.29, 0.717) is 13.2 Å². The smallest absolute Gasteiger partial charge is 0.242 e. The summed E-state index contributed by atoms with van der Waals surface area (Å²) >= 11 is 3.17. The molecular weight excluding hydrogens is 452 g/mol. The summed E-state index contributed by atoms with van der Waals surface area (Å²) in [5, 5.41) is 1.85. The summed E-state index contributed by atoms with van der Waals surface area (Å²) in [5.74, 6) is 1.79. The molecule has 3 heterocycles. The van der Waals surface area contributed by atoms with Crippen LogP contribution in [-0.2, 0) is 4.79 Å². The predicted molar refractivity (Wildman–Crippen MR) is 132 cm³/mol. The van der Waals surface area contributed by atoms with Crippen molar-refractivity contribution in [1.29, 1.82) is 0 Å². The Bertz CT molecular complexity index is 1360. The number of ether oxygens (including phenoxy) is 2. The van der Waals surface area contributed by atoms with Crippen molar-refractivity contribution in [2.75, 3.05) is 23.9 Å². The van der Waals surface area contributed by atoms with E-state index < -0.39 is 0 Å². The zero-order valence-electron chi connectivity index (χ0n) is 17.9. The molecule has 0 aliphatic carbocycles. The fourth-order valence-electron chi connectivity index (χ4n) is 4.11. The Morgan fingerprint density at radius 1 is 0.970 bits per heavy atom. The van der Waals surface area contributed by atoms with Gasteiger partial charge in [0.2, 0.25) is 5.91 Å². The van der Waals surface area contributed by atoms with E-state index in [9.17, 15) is 4.79 Å². The number of pyridine rings is 1. The third-order valence-corrected chi connectivity index (χ3v) is 7.85. The summed E-state index contributed by atoms with van der Waals surface area (Å²) < 4.78 is 11.4. The molecule has 0 radical (unpaired) electrons. The number of hydrogen-bond acceptors (Lipinski definition) is 6. The first kappa shape index (κ1) is 20.4. The summed E-state index contributed by atoms with van der Waals surface area (Å²) in [6.07, 6.45) is 0. The third kappa shape index (κ3) is 3.71. The van der Waals surface area contributed by atoms with Crippen LogP contribution in [0.4, 0.5) is 11.4 Å². The molecule has 5 nitrogen and oxygen atoms in total. The van der Waals surface area contributed by atoms with Crippen LogP contribution in [0.25, 0.3) is 10.9 Å². The third-order valence-electron chi connectivity index (χ3n) is 5.64. The number of aromatic nitrogens is 1. The molecule has 0 saturated heterocycles. The molecule has 7 heteroatoms. The first-order chi connectivity index (χ1) is 16.2. The van der Waals surface area contributed by atoms with Gasteiger partial charge in [-0.05, 0) is 48.9 Å². The molecule has 164 valence electrons. The molecular formula is C26H20N2O3S2. The number of carbonyl (C=O) groups excluding carboxylic acids is 1. The maximum absolute atomic E-state index is 13.5. The van der Waals surface area contributed by atoms with Crippen LogP contribution < -0.4 is 14.4 Å². The van der Waals surface area contributed by atoms with E-state index in [0.717, 1.165) is 54.2 Å². The minimum Gasteiger partial charge on any atom is -0.486 e. The van der Waals surface area contributed by atoms with E-state index in [4.69, 9.17) is 14.5 Å². The largest absolute Gasteiger partial charge is 0.486 e. The summed E-state index contributed by atoms with van der Waals surface area (Å²) in [5.41, 5.74) is 3.73. The molecule has 0 spiro atoms. The Hall–Kier alpha value is -3.16. The molecule has 1 aromatic heterocycles. The van der Waals surface area contributed by atoms with Crippen LogP contribution in [0.15, 0.2) is 81.5 Å². The van der Waals surface area contributed by atoms with Gasteiger partial charge in [-0.3, -0.25) is 9.69 Å². The number of para-hydroxylation sites is 2. The number of benzene rings is 3. The van der Waals surface area contributed by atoms with E-state index >= 15 is 0 Å². The van der Waals surface area contributed by atoms with Gasteiger partial charge in [-0.25, -0.2) is 4.98 Å². The van der Waals surface area contributed by atoms with Gasteiger partial charge in [0.05, 0.1) is 22.6 Å². The van der Waals surface area contributed by atoms with Crippen molar-refractivity contribution < 1.29 is 14.3 Å². The van der Waals surface area contributed by atoms with Crippen molar-refractivity contribution in [3.63, 3.8) is 0 Å². The second kappa shape index (κ2) is 8.32. The second-order valence-electron chi connectivity index (χ2n) is 7.85. The highest BCUT2D eigenvalue weighted by atomic mass is 32.2. The fraction of sp³-hybridized carbons (Fsp3) is 0.154. The predicted octanol–water partition coefficient (Wildman–Crippen LogP) is 6.24. The highest BCUT2D eigenvalue weighted by molar-refractivity contribution is 8.00. The monoisotopic (exact) mass is 472 g/mol.